The largest absolute Gasteiger partial charge is 0.361 e. The van der Waals surface area contributed by atoms with Crippen molar-refractivity contribution in [3.05, 3.63) is 52.4 Å². The van der Waals surface area contributed by atoms with E-state index in [-0.39, 0.29) is 12.3 Å². The molecule has 0 radical (unpaired) electrons. The summed E-state index contributed by atoms with van der Waals surface area (Å²) in [7, 11) is 0. The molecule has 0 spiro atoms. The summed E-state index contributed by atoms with van der Waals surface area (Å²) in [5.41, 5.74) is 4.46. The first-order chi connectivity index (χ1) is 9.70. The zero-order valence-corrected chi connectivity index (χ0v) is 11.4. The van der Waals surface area contributed by atoms with Crippen molar-refractivity contribution in [3.8, 4) is 0 Å². The first-order valence-corrected chi connectivity index (χ1v) is 6.71. The molecule has 1 aromatic heterocycles. The highest BCUT2D eigenvalue weighted by atomic mass is 16.5. The van der Waals surface area contributed by atoms with Gasteiger partial charge < -0.3 is 15.2 Å². The van der Waals surface area contributed by atoms with E-state index in [0.717, 1.165) is 24.4 Å². The van der Waals surface area contributed by atoms with Crippen LogP contribution in [-0.2, 0) is 30.8 Å². The lowest BCUT2D eigenvalue weighted by molar-refractivity contribution is -0.120. The predicted molar refractivity (Wildman–Crippen MR) is 73.8 cm³/mol. The van der Waals surface area contributed by atoms with Crippen molar-refractivity contribution in [1.82, 2.24) is 15.8 Å². The van der Waals surface area contributed by atoms with Crippen LogP contribution in [0.5, 0.6) is 0 Å². The molecule has 1 amide bonds. The Kier molecular flexibility index (Phi) is 3.52. The summed E-state index contributed by atoms with van der Waals surface area (Å²) in [6.07, 6.45) is 0.254. The third kappa shape index (κ3) is 2.88. The van der Waals surface area contributed by atoms with Crippen LogP contribution in [0.4, 0.5) is 0 Å². The van der Waals surface area contributed by atoms with E-state index in [1.54, 1.807) is 6.07 Å². The molecule has 1 aliphatic rings. The third-order valence-electron chi connectivity index (χ3n) is 3.41. The zero-order valence-electron chi connectivity index (χ0n) is 11.4. The number of rotatable bonds is 4. The van der Waals surface area contributed by atoms with Crippen LogP contribution < -0.4 is 10.6 Å². The zero-order chi connectivity index (χ0) is 13.9. The second-order valence-corrected chi connectivity index (χ2v) is 5.09. The number of aromatic nitrogens is 1. The fourth-order valence-electron chi connectivity index (χ4n) is 2.39. The van der Waals surface area contributed by atoms with E-state index < -0.39 is 0 Å². The Morgan fingerprint density at radius 3 is 3.00 bits per heavy atom. The average molecular weight is 271 g/mol. The third-order valence-corrected chi connectivity index (χ3v) is 3.41. The average Bonchev–Trinajstić information content (AvgIpc) is 3.04. The highest BCUT2D eigenvalue weighted by Crippen LogP contribution is 2.16. The predicted octanol–water partition coefficient (Wildman–Crippen LogP) is 1.45. The quantitative estimate of drug-likeness (QED) is 0.883. The number of hydrogen-bond acceptors (Lipinski definition) is 4. The van der Waals surface area contributed by atoms with E-state index >= 15 is 0 Å². The molecule has 104 valence electrons. The summed E-state index contributed by atoms with van der Waals surface area (Å²) in [5, 5.41) is 10.0. The van der Waals surface area contributed by atoms with Gasteiger partial charge in [0.1, 0.15) is 5.76 Å². The summed E-state index contributed by atoms with van der Waals surface area (Å²) < 4.78 is 4.94. The van der Waals surface area contributed by atoms with Crippen LogP contribution in [0.15, 0.2) is 28.8 Å². The molecular weight excluding hydrogens is 254 g/mol. The maximum absolute atomic E-state index is 11.8. The fraction of sp³-hybridized carbons (Fsp3) is 0.333. The molecule has 3 rings (SSSR count). The number of aryl methyl sites for hydroxylation is 1. The van der Waals surface area contributed by atoms with Crippen LogP contribution >= 0.6 is 0 Å². The van der Waals surface area contributed by atoms with Gasteiger partial charge in [-0.15, -0.1) is 0 Å². The second kappa shape index (κ2) is 5.46. The van der Waals surface area contributed by atoms with E-state index in [2.05, 4.69) is 34.0 Å². The molecule has 2 N–H and O–H groups in total. The van der Waals surface area contributed by atoms with Crippen LogP contribution in [0, 0.1) is 6.92 Å². The van der Waals surface area contributed by atoms with Gasteiger partial charge in [-0.25, -0.2) is 0 Å². The van der Waals surface area contributed by atoms with Crippen molar-refractivity contribution in [2.75, 3.05) is 0 Å². The first-order valence-electron chi connectivity index (χ1n) is 6.71. The van der Waals surface area contributed by atoms with Gasteiger partial charge in [-0.2, -0.15) is 0 Å². The van der Waals surface area contributed by atoms with Gasteiger partial charge in [-0.1, -0.05) is 23.4 Å². The van der Waals surface area contributed by atoms with Crippen molar-refractivity contribution >= 4 is 5.91 Å². The number of nitrogens with zero attached hydrogens (tertiary/aromatic N) is 1. The van der Waals surface area contributed by atoms with E-state index in [1.165, 1.54) is 11.1 Å². The topological polar surface area (TPSA) is 67.2 Å². The lowest BCUT2D eigenvalue weighted by atomic mass is 10.1. The van der Waals surface area contributed by atoms with Crippen LogP contribution in [-0.4, -0.2) is 11.1 Å². The van der Waals surface area contributed by atoms with Gasteiger partial charge in [0.25, 0.3) is 0 Å². The highest BCUT2D eigenvalue weighted by molar-refractivity contribution is 5.78. The highest BCUT2D eigenvalue weighted by Gasteiger charge is 2.11. The molecule has 5 nitrogen and oxygen atoms in total. The summed E-state index contributed by atoms with van der Waals surface area (Å²) in [6, 6.07) is 8.11. The number of benzene rings is 1. The molecule has 2 heterocycles. The van der Waals surface area contributed by atoms with E-state index in [0.29, 0.717) is 12.2 Å². The monoisotopic (exact) mass is 271 g/mol. The van der Waals surface area contributed by atoms with Crippen LogP contribution in [0.3, 0.4) is 0 Å². The lowest BCUT2D eigenvalue weighted by Gasteiger charge is -2.06. The fourth-order valence-corrected chi connectivity index (χ4v) is 2.39. The Balaban J connectivity index is 1.55. The van der Waals surface area contributed by atoms with Crippen molar-refractivity contribution in [3.63, 3.8) is 0 Å². The van der Waals surface area contributed by atoms with Crippen molar-refractivity contribution in [2.24, 2.45) is 0 Å². The molecule has 5 heteroatoms. The number of carbonyl (C=O) groups is 1. The molecular formula is C15H17N3O2. The normalized spacial score (nSPS) is 13.2. The van der Waals surface area contributed by atoms with Crippen molar-refractivity contribution in [1.29, 1.82) is 0 Å². The molecule has 1 aliphatic heterocycles. The van der Waals surface area contributed by atoms with Gasteiger partial charge in [-0.05, 0) is 23.6 Å². The first kappa shape index (κ1) is 12.9. The Morgan fingerprint density at radius 2 is 2.20 bits per heavy atom. The maximum atomic E-state index is 11.8. The molecule has 0 atom stereocenters. The van der Waals surface area contributed by atoms with Gasteiger partial charge in [0.2, 0.25) is 5.91 Å². The van der Waals surface area contributed by atoms with Gasteiger partial charge in [0.05, 0.1) is 12.1 Å². The van der Waals surface area contributed by atoms with Gasteiger partial charge in [-0.3, -0.25) is 4.79 Å². The Hall–Kier alpha value is -2.14. The Labute approximate surface area is 117 Å². The molecule has 0 fully saturated rings. The number of amides is 1. The molecule has 0 saturated heterocycles. The number of hydrogen-bond donors (Lipinski definition) is 2. The summed E-state index contributed by atoms with van der Waals surface area (Å²) in [5.74, 6) is 0.677. The Morgan fingerprint density at radius 1 is 1.35 bits per heavy atom. The van der Waals surface area contributed by atoms with E-state index in [1.807, 2.05) is 6.92 Å². The second-order valence-electron chi connectivity index (χ2n) is 5.09. The Bertz CT molecular complexity index is 634. The molecule has 0 bridgehead atoms. The van der Waals surface area contributed by atoms with Gasteiger partial charge in [0, 0.05) is 25.7 Å². The van der Waals surface area contributed by atoms with E-state index in [4.69, 9.17) is 4.52 Å². The molecule has 0 unspecified atom stereocenters. The molecule has 0 saturated carbocycles. The van der Waals surface area contributed by atoms with Crippen molar-refractivity contribution < 1.29 is 9.32 Å². The minimum absolute atomic E-state index is 0.0445. The maximum Gasteiger partial charge on any atom is 0.226 e. The minimum Gasteiger partial charge on any atom is -0.361 e. The van der Waals surface area contributed by atoms with Gasteiger partial charge in [0.15, 0.2) is 0 Å². The van der Waals surface area contributed by atoms with Crippen LogP contribution in [0.2, 0.25) is 0 Å². The number of fused-ring (bicyclic) bond motifs is 1. The molecule has 20 heavy (non-hydrogen) atoms. The molecule has 0 aliphatic carbocycles. The molecule has 2 aromatic rings. The lowest BCUT2D eigenvalue weighted by Crippen LogP contribution is -2.24. The summed E-state index contributed by atoms with van der Waals surface area (Å²) >= 11 is 0. The smallest absolute Gasteiger partial charge is 0.226 e. The van der Waals surface area contributed by atoms with Crippen LogP contribution in [0.25, 0.3) is 0 Å². The molecule has 1 aromatic carbocycles. The minimum atomic E-state index is -0.0445. The van der Waals surface area contributed by atoms with E-state index in [9.17, 15) is 4.79 Å². The number of nitrogens with one attached hydrogen (secondary N) is 2. The summed E-state index contributed by atoms with van der Waals surface area (Å²) in [6.45, 7) is 4.21. The number of carbonyl (C=O) groups excluding carboxylic acids is 1. The standard InChI is InChI=1S/C15H17N3O2/c1-10-4-14(18-20-10)6-15(19)17-7-11-2-3-12-8-16-9-13(12)5-11/h2-5,16H,6-9H2,1H3,(H,17,19). The van der Waals surface area contributed by atoms with Gasteiger partial charge >= 0.3 is 0 Å². The summed E-state index contributed by atoms with van der Waals surface area (Å²) in [4.78, 5) is 11.8. The SMILES string of the molecule is Cc1cc(CC(=O)NCc2ccc3c(c2)CNC3)no1. The van der Waals surface area contributed by atoms with Crippen molar-refractivity contribution in [2.45, 2.75) is 33.0 Å². The van der Waals surface area contributed by atoms with Crippen LogP contribution in [0.1, 0.15) is 28.1 Å².